The number of nitro groups is 1. The normalized spacial score (nSPS) is 15.1. The van der Waals surface area contributed by atoms with Gasteiger partial charge in [-0.1, -0.05) is 33.3 Å². The molecule has 0 saturated carbocycles. The predicted molar refractivity (Wildman–Crippen MR) is 152 cm³/mol. The van der Waals surface area contributed by atoms with Crippen LogP contribution in [-0.2, 0) is 9.53 Å². The number of nitrogens with zero attached hydrogens (tertiary/aromatic N) is 3. The number of rotatable bonds is 8. The molecule has 0 spiro atoms. The van der Waals surface area contributed by atoms with Crippen LogP contribution in [0.4, 0.5) is 5.69 Å². The summed E-state index contributed by atoms with van der Waals surface area (Å²) in [4.78, 5) is 42.5. The van der Waals surface area contributed by atoms with Crippen LogP contribution in [0.3, 0.4) is 0 Å². The van der Waals surface area contributed by atoms with Gasteiger partial charge in [-0.25, -0.2) is 9.79 Å². The molecule has 1 atom stereocenters. The quantitative estimate of drug-likeness (QED) is 0.223. The van der Waals surface area contributed by atoms with Crippen molar-refractivity contribution in [2.45, 2.75) is 39.8 Å². The van der Waals surface area contributed by atoms with Crippen molar-refractivity contribution in [1.82, 2.24) is 4.57 Å². The number of fused-ring (bicyclic) bond motifs is 1. The molecule has 0 aliphatic carbocycles. The first-order valence-electron chi connectivity index (χ1n) is 12.2. The lowest BCUT2D eigenvalue weighted by molar-refractivity contribution is -0.385. The molecular formula is C27H26BrN3O8S. The van der Waals surface area contributed by atoms with Gasteiger partial charge in [-0.15, -0.1) is 0 Å². The van der Waals surface area contributed by atoms with Gasteiger partial charge in [0.25, 0.3) is 5.56 Å². The van der Waals surface area contributed by atoms with Crippen LogP contribution in [0, 0.1) is 10.1 Å². The zero-order chi connectivity index (χ0) is 29.3. The first-order valence-corrected chi connectivity index (χ1v) is 13.8. The van der Waals surface area contributed by atoms with Crippen molar-refractivity contribution in [1.29, 1.82) is 0 Å². The van der Waals surface area contributed by atoms with Gasteiger partial charge >= 0.3 is 11.7 Å². The molecule has 4 rings (SSSR count). The van der Waals surface area contributed by atoms with Crippen LogP contribution in [0.25, 0.3) is 6.08 Å². The number of halogens is 1. The monoisotopic (exact) mass is 631 g/mol. The number of methoxy groups -OCH3 is 1. The summed E-state index contributed by atoms with van der Waals surface area (Å²) in [5, 5.41) is 21.9. The van der Waals surface area contributed by atoms with E-state index in [0.717, 1.165) is 11.3 Å². The van der Waals surface area contributed by atoms with Crippen LogP contribution in [0.2, 0.25) is 0 Å². The van der Waals surface area contributed by atoms with Gasteiger partial charge in [-0.2, -0.15) is 0 Å². The number of hydrogen-bond acceptors (Lipinski definition) is 10. The van der Waals surface area contributed by atoms with Crippen molar-refractivity contribution >= 4 is 45.0 Å². The predicted octanol–water partition coefficient (Wildman–Crippen LogP) is 3.97. The van der Waals surface area contributed by atoms with Gasteiger partial charge in [0.2, 0.25) is 5.75 Å². The molecule has 1 aliphatic heterocycles. The second-order valence-electron chi connectivity index (χ2n) is 9.00. The van der Waals surface area contributed by atoms with E-state index in [4.69, 9.17) is 14.2 Å². The number of aromatic nitrogens is 1. The van der Waals surface area contributed by atoms with Crippen LogP contribution in [0.1, 0.15) is 44.9 Å². The van der Waals surface area contributed by atoms with E-state index in [0.29, 0.717) is 32.0 Å². The van der Waals surface area contributed by atoms with E-state index in [1.807, 2.05) is 13.8 Å². The standard InChI is InChI=1S/C27H26BrN3O8S/c1-6-38-26(34)22-14(4)29-27-30(23(22)15-7-8-19(39-13(2)3)20(10-15)37-5)25(33)21(40-27)11-16-9-17(28)12-18(24(16)32)31(35)36/h7-13,23,32H,6H2,1-5H3/b21-11+/t23-/m1/s1. The van der Waals surface area contributed by atoms with E-state index in [1.54, 1.807) is 32.0 Å². The Balaban J connectivity index is 1.98. The van der Waals surface area contributed by atoms with Gasteiger partial charge in [0.05, 0.1) is 46.6 Å². The minimum absolute atomic E-state index is 0.0704. The Morgan fingerprint density at radius 1 is 1.30 bits per heavy atom. The average Bonchev–Trinajstić information content (AvgIpc) is 3.19. The fourth-order valence-corrected chi connectivity index (χ4v) is 5.81. The second kappa shape index (κ2) is 11.6. The Morgan fingerprint density at radius 2 is 2.02 bits per heavy atom. The fourth-order valence-electron chi connectivity index (χ4n) is 4.31. The molecule has 0 bridgehead atoms. The largest absolute Gasteiger partial charge is 0.502 e. The lowest BCUT2D eigenvalue weighted by Crippen LogP contribution is -2.40. The maximum absolute atomic E-state index is 13.8. The van der Waals surface area contributed by atoms with Gasteiger partial charge in [0, 0.05) is 16.1 Å². The van der Waals surface area contributed by atoms with Gasteiger partial charge in [-0.3, -0.25) is 19.5 Å². The molecule has 13 heteroatoms. The van der Waals surface area contributed by atoms with Crippen LogP contribution >= 0.6 is 27.3 Å². The molecule has 2 heterocycles. The molecule has 1 N–H and O–H groups in total. The topological polar surface area (TPSA) is 142 Å². The smallest absolute Gasteiger partial charge is 0.338 e. The molecule has 1 aromatic heterocycles. The first-order chi connectivity index (χ1) is 19.0. The lowest BCUT2D eigenvalue weighted by atomic mass is 9.95. The Labute approximate surface area is 240 Å². The summed E-state index contributed by atoms with van der Waals surface area (Å²) in [6.07, 6.45) is 1.25. The highest BCUT2D eigenvalue weighted by Gasteiger charge is 2.34. The van der Waals surface area contributed by atoms with Crippen LogP contribution in [-0.4, -0.2) is 40.4 Å². The Hall–Kier alpha value is -3.97. The van der Waals surface area contributed by atoms with Crippen LogP contribution < -0.4 is 24.4 Å². The number of hydrogen-bond donors (Lipinski definition) is 1. The minimum Gasteiger partial charge on any atom is -0.502 e. The number of esters is 1. The van der Waals surface area contributed by atoms with Gasteiger partial charge in [-0.05, 0) is 57.5 Å². The Morgan fingerprint density at radius 3 is 2.65 bits per heavy atom. The highest BCUT2D eigenvalue weighted by molar-refractivity contribution is 9.10. The Bertz CT molecular complexity index is 1720. The van der Waals surface area contributed by atoms with E-state index in [-0.39, 0.29) is 28.4 Å². The molecule has 3 aromatic rings. The van der Waals surface area contributed by atoms with Crippen LogP contribution in [0.15, 0.2) is 55.9 Å². The minimum atomic E-state index is -0.912. The number of allylic oxidation sites excluding steroid dienone is 1. The third-order valence-electron chi connectivity index (χ3n) is 5.95. The molecular weight excluding hydrogens is 606 g/mol. The van der Waals surface area contributed by atoms with Gasteiger partial charge in [0.1, 0.15) is 0 Å². The molecule has 0 amide bonds. The van der Waals surface area contributed by atoms with Gasteiger partial charge < -0.3 is 19.3 Å². The number of benzene rings is 2. The van der Waals surface area contributed by atoms with Crippen molar-refractivity contribution < 1.29 is 29.0 Å². The summed E-state index contributed by atoms with van der Waals surface area (Å²) in [6.45, 7) is 7.23. The summed E-state index contributed by atoms with van der Waals surface area (Å²) in [5.74, 6) is -0.287. The van der Waals surface area contributed by atoms with E-state index < -0.39 is 33.9 Å². The molecule has 0 radical (unpaired) electrons. The maximum Gasteiger partial charge on any atom is 0.338 e. The van der Waals surface area contributed by atoms with Crippen molar-refractivity contribution in [2.24, 2.45) is 4.99 Å². The highest BCUT2D eigenvalue weighted by Crippen LogP contribution is 2.37. The number of phenolic OH excluding ortho intramolecular Hbond substituents is 1. The number of phenols is 1. The number of carbonyl (C=O) groups is 1. The summed E-state index contributed by atoms with van der Waals surface area (Å²) >= 11 is 4.24. The molecule has 0 saturated heterocycles. The molecule has 0 fully saturated rings. The van der Waals surface area contributed by atoms with Crippen molar-refractivity contribution in [3.8, 4) is 17.2 Å². The van der Waals surface area contributed by atoms with Crippen LogP contribution in [0.5, 0.6) is 17.2 Å². The number of aromatic hydroxyl groups is 1. The fraction of sp³-hybridized carbons (Fsp3) is 0.296. The molecule has 210 valence electrons. The summed E-state index contributed by atoms with van der Waals surface area (Å²) < 4.78 is 18.6. The maximum atomic E-state index is 13.8. The zero-order valence-corrected chi connectivity index (χ0v) is 24.7. The second-order valence-corrected chi connectivity index (χ2v) is 10.9. The molecule has 40 heavy (non-hydrogen) atoms. The Kier molecular flexibility index (Phi) is 8.45. The third kappa shape index (κ3) is 5.52. The summed E-state index contributed by atoms with van der Waals surface area (Å²) in [6, 6.07) is 6.87. The first kappa shape index (κ1) is 29.0. The van der Waals surface area contributed by atoms with E-state index >= 15 is 0 Å². The SMILES string of the molecule is CCOC(=O)C1=C(C)N=c2s/c(=C/c3cc(Br)cc([N+](=O)[O-])c3O)c(=O)n2[C@@H]1c1ccc(OC(C)C)c(OC)c1. The summed E-state index contributed by atoms with van der Waals surface area (Å²) in [5.41, 5.74) is 0.161. The van der Waals surface area contributed by atoms with E-state index in [1.165, 1.54) is 29.9 Å². The zero-order valence-electron chi connectivity index (χ0n) is 22.3. The highest BCUT2D eigenvalue weighted by atomic mass is 79.9. The number of nitro benzene ring substituents is 1. The van der Waals surface area contributed by atoms with Crippen molar-refractivity contribution in [2.75, 3.05) is 13.7 Å². The lowest BCUT2D eigenvalue weighted by Gasteiger charge is -2.25. The molecule has 0 unspecified atom stereocenters. The average molecular weight is 632 g/mol. The van der Waals surface area contributed by atoms with Crippen molar-refractivity contribution in [3.05, 3.63) is 87.0 Å². The van der Waals surface area contributed by atoms with Gasteiger partial charge in [0.15, 0.2) is 16.3 Å². The molecule has 1 aliphatic rings. The number of ether oxygens (including phenoxy) is 3. The van der Waals surface area contributed by atoms with Crippen molar-refractivity contribution in [3.63, 3.8) is 0 Å². The molecule has 2 aromatic carbocycles. The number of carbonyl (C=O) groups excluding carboxylic acids is 1. The summed E-state index contributed by atoms with van der Waals surface area (Å²) in [7, 11) is 1.49. The van der Waals surface area contributed by atoms with E-state index in [2.05, 4.69) is 20.9 Å². The third-order valence-corrected chi connectivity index (χ3v) is 7.39. The number of thiazole rings is 1. The van der Waals surface area contributed by atoms with E-state index in [9.17, 15) is 24.8 Å². The molecule has 11 nitrogen and oxygen atoms in total.